The molecule has 1 atom stereocenters. The highest BCUT2D eigenvalue weighted by molar-refractivity contribution is 7.90. The summed E-state index contributed by atoms with van der Waals surface area (Å²) in [7, 11) is 0.139. The Morgan fingerprint density at radius 2 is 2.03 bits per heavy atom. The molecular weight excluding hydrogens is 470 g/mol. The van der Waals surface area contributed by atoms with Crippen LogP contribution < -0.4 is 11.1 Å². The summed E-state index contributed by atoms with van der Waals surface area (Å²) in [5.74, 6) is -0.518. The number of oxazole rings is 1. The molecule has 1 N–H and O–H groups in total. The number of amides is 1. The molecule has 0 spiro atoms. The maximum atomic E-state index is 13.1. The maximum absolute atomic E-state index is 13.1. The molecule has 0 saturated carbocycles. The molecule has 0 bridgehead atoms. The Kier molecular flexibility index (Phi) is 5.97. The van der Waals surface area contributed by atoms with E-state index in [2.05, 4.69) is 9.71 Å². The van der Waals surface area contributed by atoms with Gasteiger partial charge in [-0.2, -0.15) is 8.42 Å². The topological polar surface area (TPSA) is 117 Å². The molecule has 1 saturated heterocycles. The van der Waals surface area contributed by atoms with Crippen molar-refractivity contribution >= 4 is 38.6 Å². The number of carbonyl (C=O) groups excluding carboxylic acids is 1. The molecule has 35 heavy (non-hydrogen) atoms. The molecule has 2 aromatic carbocycles. The van der Waals surface area contributed by atoms with Crippen LogP contribution in [-0.2, 0) is 21.4 Å². The largest absolute Gasteiger partial charge is 0.419 e. The van der Waals surface area contributed by atoms with Crippen LogP contribution in [0.2, 0.25) is 0 Å². The van der Waals surface area contributed by atoms with E-state index < -0.39 is 15.8 Å². The van der Waals surface area contributed by atoms with Crippen LogP contribution >= 0.6 is 0 Å². The van der Waals surface area contributed by atoms with E-state index in [1.165, 1.54) is 0 Å². The van der Waals surface area contributed by atoms with Crippen LogP contribution in [0.4, 0.5) is 5.69 Å². The summed E-state index contributed by atoms with van der Waals surface area (Å²) in [6.07, 6.45) is 1.43. The monoisotopic (exact) mass is 497 g/mol. The number of anilines is 1. The summed E-state index contributed by atoms with van der Waals surface area (Å²) in [4.78, 5) is 29.5. The predicted octanol–water partition coefficient (Wildman–Crippen LogP) is 1.96. The number of piperidine rings is 1. The highest BCUT2D eigenvalue weighted by atomic mass is 32.2. The van der Waals surface area contributed by atoms with Crippen LogP contribution in [-0.4, -0.2) is 68.3 Å². The van der Waals surface area contributed by atoms with Crippen LogP contribution in [0, 0.1) is 5.92 Å². The number of nitrogens with zero attached hydrogens (tertiary/aromatic N) is 4. The minimum Gasteiger partial charge on any atom is -0.408 e. The number of likely N-dealkylation sites (tertiary alicyclic amines) is 1. The fraction of sp³-hybridized carbons (Fsp3) is 0.375. The molecule has 0 radical (unpaired) electrons. The number of amidine groups is 1. The molecule has 184 valence electrons. The van der Waals surface area contributed by atoms with Gasteiger partial charge in [0.15, 0.2) is 11.4 Å². The number of hydrogen-bond donors (Lipinski definition) is 1. The number of fused-ring (bicyclic) bond motifs is 2. The lowest BCUT2D eigenvalue weighted by Gasteiger charge is -2.33. The fourth-order valence-electron chi connectivity index (χ4n) is 4.60. The average Bonchev–Trinajstić information content (AvgIpc) is 3.30. The highest BCUT2D eigenvalue weighted by Crippen LogP contribution is 2.30. The van der Waals surface area contributed by atoms with Crippen LogP contribution in [0.15, 0.2) is 61.0 Å². The third-order valence-corrected chi connectivity index (χ3v) is 7.74. The summed E-state index contributed by atoms with van der Waals surface area (Å²) in [6, 6.07) is 11.9. The summed E-state index contributed by atoms with van der Waals surface area (Å²) in [6.45, 7) is 2.15. The number of rotatable bonds is 5. The molecule has 3 aromatic rings. The Labute approximate surface area is 202 Å². The zero-order valence-corrected chi connectivity index (χ0v) is 20.4. The second-order valence-electron chi connectivity index (χ2n) is 9.17. The van der Waals surface area contributed by atoms with E-state index in [1.54, 1.807) is 47.0 Å². The second-order valence-corrected chi connectivity index (χ2v) is 10.7. The van der Waals surface area contributed by atoms with Gasteiger partial charge >= 0.3 is 5.76 Å². The van der Waals surface area contributed by atoms with E-state index in [1.807, 2.05) is 23.9 Å². The summed E-state index contributed by atoms with van der Waals surface area (Å²) in [5.41, 5.74) is 2.25. The van der Waals surface area contributed by atoms with Gasteiger partial charge in [-0.15, -0.1) is 4.40 Å². The molecule has 0 aliphatic carbocycles. The molecule has 1 aromatic heterocycles. The van der Waals surface area contributed by atoms with Gasteiger partial charge in [-0.1, -0.05) is 12.1 Å². The first-order valence-electron chi connectivity index (χ1n) is 11.5. The van der Waals surface area contributed by atoms with E-state index in [-0.39, 0.29) is 16.7 Å². The average molecular weight is 498 g/mol. The number of benzene rings is 2. The van der Waals surface area contributed by atoms with Crippen molar-refractivity contribution in [1.29, 1.82) is 0 Å². The van der Waals surface area contributed by atoms with Gasteiger partial charge in [0.25, 0.3) is 10.0 Å². The zero-order chi connectivity index (χ0) is 24.7. The van der Waals surface area contributed by atoms with Gasteiger partial charge in [-0.3, -0.25) is 9.36 Å². The Balaban J connectivity index is 1.33. The lowest BCUT2D eigenvalue weighted by atomic mass is 9.96. The molecule has 3 heterocycles. The summed E-state index contributed by atoms with van der Waals surface area (Å²) in [5, 5.41) is 2.96. The van der Waals surface area contributed by atoms with Gasteiger partial charge < -0.3 is 19.5 Å². The minimum absolute atomic E-state index is 0.158. The Morgan fingerprint density at radius 1 is 1.23 bits per heavy atom. The van der Waals surface area contributed by atoms with E-state index >= 15 is 0 Å². The Bertz CT molecular complexity index is 1490. The van der Waals surface area contributed by atoms with Crippen molar-refractivity contribution in [2.24, 2.45) is 10.3 Å². The molecule has 1 fully saturated rings. The molecule has 2 aliphatic rings. The molecule has 5 rings (SSSR count). The standard InChI is InChI=1S/C24H27N5O5S/c1-27(2)12-13-29-19-14-17(9-10-20(19)34-24(29)31)25-23(30)16-6-5-11-28(15-16)22-18-7-3-4-8-21(18)35(32,33)26-22/h3-4,7-10,14,16H,5-6,11-13,15H2,1-2H3,(H,25,30). The fourth-order valence-corrected chi connectivity index (χ4v) is 5.82. The maximum Gasteiger partial charge on any atom is 0.419 e. The van der Waals surface area contributed by atoms with Crippen molar-refractivity contribution in [2.45, 2.75) is 24.3 Å². The SMILES string of the molecule is CN(C)CCn1c(=O)oc2ccc(NC(=O)C3CCCN(C4=NS(=O)(=O)c5ccccc54)C3)cc21. The highest BCUT2D eigenvalue weighted by Gasteiger charge is 2.35. The first-order valence-corrected chi connectivity index (χ1v) is 13.0. The first-order chi connectivity index (χ1) is 16.7. The third kappa shape index (κ3) is 4.48. The molecule has 1 amide bonds. The van der Waals surface area contributed by atoms with Crippen molar-refractivity contribution in [3.05, 3.63) is 58.6 Å². The van der Waals surface area contributed by atoms with E-state index in [0.29, 0.717) is 60.8 Å². The van der Waals surface area contributed by atoms with E-state index in [4.69, 9.17) is 4.42 Å². The van der Waals surface area contributed by atoms with Crippen molar-refractivity contribution in [3.8, 4) is 0 Å². The van der Waals surface area contributed by atoms with Crippen molar-refractivity contribution < 1.29 is 17.6 Å². The normalized spacial score (nSPS) is 19.1. The van der Waals surface area contributed by atoms with Crippen LogP contribution in [0.1, 0.15) is 18.4 Å². The molecule has 1 unspecified atom stereocenters. The van der Waals surface area contributed by atoms with Crippen molar-refractivity contribution in [2.75, 3.05) is 39.0 Å². The number of hydrogen-bond acceptors (Lipinski definition) is 7. The smallest absolute Gasteiger partial charge is 0.408 e. The first kappa shape index (κ1) is 23.3. The Morgan fingerprint density at radius 3 is 2.83 bits per heavy atom. The minimum atomic E-state index is -3.72. The van der Waals surface area contributed by atoms with E-state index in [0.717, 1.165) is 6.42 Å². The van der Waals surface area contributed by atoms with E-state index in [9.17, 15) is 18.0 Å². The zero-order valence-electron chi connectivity index (χ0n) is 19.6. The van der Waals surface area contributed by atoms with Crippen LogP contribution in [0.25, 0.3) is 11.1 Å². The van der Waals surface area contributed by atoms with Gasteiger partial charge in [0.05, 0.1) is 11.4 Å². The van der Waals surface area contributed by atoms with Crippen molar-refractivity contribution in [3.63, 3.8) is 0 Å². The van der Waals surface area contributed by atoms with Gasteiger partial charge in [0.2, 0.25) is 5.91 Å². The predicted molar refractivity (Wildman–Crippen MR) is 132 cm³/mol. The summed E-state index contributed by atoms with van der Waals surface area (Å²) < 4.78 is 35.8. The van der Waals surface area contributed by atoms with Crippen molar-refractivity contribution in [1.82, 2.24) is 14.4 Å². The third-order valence-electron chi connectivity index (χ3n) is 6.41. The number of carbonyl (C=O) groups is 1. The lowest BCUT2D eigenvalue weighted by molar-refractivity contribution is -0.121. The van der Waals surface area contributed by atoms with Gasteiger partial charge in [0, 0.05) is 37.4 Å². The molecule has 2 aliphatic heterocycles. The van der Waals surface area contributed by atoms with Gasteiger partial charge in [0.1, 0.15) is 4.90 Å². The Hall–Kier alpha value is -3.44. The molecule has 11 heteroatoms. The number of aromatic nitrogens is 1. The number of nitrogens with one attached hydrogen (secondary N) is 1. The van der Waals surface area contributed by atoms with Gasteiger partial charge in [-0.05, 0) is 57.3 Å². The second kappa shape index (κ2) is 8.97. The van der Waals surface area contributed by atoms with Gasteiger partial charge in [-0.25, -0.2) is 4.79 Å². The van der Waals surface area contributed by atoms with Crippen LogP contribution in [0.5, 0.6) is 0 Å². The molecule has 10 nitrogen and oxygen atoms in total. The number of sulfonamides is 1. The number of likely N-dealkylation sites (N-methyl/N-ethyl adjacent to an activating group) is 1. The molecular formula is C24H27N5O5S. The van der Waals surface area contributed by atoms with Crippen LogP contribution in [0.3, 0.4) is 0 Å². The lowest BCUT2D eigenvalue weighted by Crippen LogP contribution is -2.43. The quantitative estimate of drug-likeness (QED) is 0.573. The summed E-state index contributed by atoms with van der Waals surface area (Å²) >= 11 is 0.